The highest BCUT2D eigenvalue weighted by molar-refractivity contribution is 5.70. The zero-order valence-corrected chi connectivity index (χ0v) is 11.6. The molecule has 1 fully saturated rings. The second kappa shape index (κ2) is 6.71. The third-order valence-corrected chi connectivity index (χ3v) is 4.10. The van der Waals surface area contributed by atoms with Crippen LogP contribution in [0.3, 0.4) is 0 Å². The van der Waals surface area contributed by atoms with E-state index in [1.165, 1.54) is 5.56 Å². The average molecular weight is 261 g/mol. The summed E-state index contributed by atoms with van der Waals surface area (Å²) in [4.78, 5) is 13.5. The fourth-order valence-electron chi connectivity index (χ4n) is 2.96. The van der Waals surface area contributed by atoms with Gasteiger partial charge in [-0.2, -0.15) is 0 Å². The summed E-state index contributed by atoms with van der Waals surface area (Å²) in [6.45, 7) is 3.94. The number of carboxylic acids is 1. The lowest BCUT2D eigenvalue weighted by Crippen LogP contribution is -2.45. The van der Waals surface area contributed by atoms with Gasteiger partial charge in [0, 0.05) is 12.6 Å². The maximum atomic E-state index is 11.1. The first-order valence-electron chi connectivity index (χ1n) is 7.21. The van der Waals surface area contributed by atoms with Crippen molar-refractivity contribution in [1.82, 2.24) is 4.90 Å². The van der Waals surface area contributed by atoms with E-state index in [0.29, 0.717) is 12.6 Å². The second-order valence-electron chi connectivity index (χ2n) is 5.42. The Morgan fingerprint density at radius 3 is 2.79 bits per heavy atom. The summed E-state index contributed by atoms with van der Waals surface area (Å²) < 4.78 is 0. The first-order valence-corrected chi connectivity index (χ1v) is 7.21. The van der Waals surface area contributed by atoms with Gasteiger partial charge in [0.25, 0.3) is 0 Å². The van der Waals surface area contributed by atoms with Gasteiger partial charge in [-0.25, -0.2) is 0 Å². The molecule has 0 spiro atoms. The number of hydrogen-bond donors (Lipinski definition) is 1. The van der Waals surface area contributed by atoms with E-state index in [1.54, 1.807) is 0 Å². The lowest BCUT2D eigenvalue weighted by molar-refractivity contribution is -0.143. The molecule has 0 radical (unpaired) electrons. The summed E-state index contributed by atoms with van der Waals surface area (Å²) in [7, 11) is 0. The molecular formula is C16H23NO2. The highest BCUT2D eigenvalue weighted by Crippen LogP contribution is 2.22. The predicted octanol–water partition coefficient (Wildman–Crippen LogP) is 2.80. The molecule has 19 heavy (non-hydrogen) atoms. The molecule has 3 nitrogen and oxygen atoms in total. The summed E-state index contributed by atoms with van der Waals surface area (Å²) in [6, 6.07) is 10.9. The Balaban J connectivity index is 1.99. The largest absolute Gasteiger partial charge is 0.481 e. The Labute approximate surface area is 115 Å². The summed E-state index contributed by atoms with van der Waals surface area (Å²) in [5, 5.41) is 9.17. The number of benzene rings is 1. The van der Waals surface area contributed by atoms with Crippen molar-refractivity contribution < 1.29 is 9.90 Å². The van der Waals surface area contributed by atoms with Crippen molar-refractivity contribution in [1.29, 1.82) is 0 Å². The van der Waals surface area contributed by atoms with Crippen LogP contribution < -0.4 is 0 Å². The molecule has 2 rings (SSSR count). The minimum Gasteiger partial charge on any atom is -0.481 e. The van der Waals surface area contributed by atoms with Crippen molar-refractivity contribution in [3.8, 4) is 0 Å². The molecule has 1 saturated heterocycles. The number of rotatable bonds is 5. The van der Waals surface area contributed by atoms with Crippen LogP contribution in [-0.2, 0) is 11.2 Å². The second-order valence-corrected chi connectivity index (χ2v) is 5.42. The molecule has 104 valence electrons. The van der Waals surface area contributed by atoms with E-state index in [2.05, 4.69) is 36.1 Å². The first-order chi connectivity index (χ1) is 9.20. The van der Waals surface area contributed by atoms with Crippen LogP contribution >= 0.6 is 0 Å². The van der Waals surface area contributed by atoms with Crippen molar-refractivity contribution in [3.63, 3.8) is 0 Å². The number of nitrogens with zero attached hydrogens (tertiary/aromatic N) is 1. The topological polar surface area (TPSA) is 40.5 Å². The van der Waals surface area contributed by atoms with Crippen LogP contribution in [0.5, 0.6) is 0 Å². The van der Waals surface area contributed by atoms with Crippen molar-refractivity contribution in [2.24, 2.45) is 5.92 Å². The Morgan fingerprint density at radius 1 is 1.42 bits per heavy atom. The van der Waals surface area contributed by atoms with Crippen molar-refractivity contribution in [2.75, 3.05) is 13.1 Å². The molecule has 0 amide bonds. The Bertz CT molecular complexity index is 404. The molecule has 2 atom stereocenters. The number of likely N-dealkylation sites (tertiary alicyclic amines) is 1. The van der Waals surface area contributed by atoms with Crippen molar-refractivity contribution in [3.05, 3.63) is 35.9 Å². The highest BCUT2D eigenvalue weighted by Gasteiger charge is 2.28. The van der Waals surface area contributed by atoms with E-state index in [9.17, 15) is 9.90 Å². The number of carbonyl (C=O) groups is 1. The molecule has 1 aliphatic heterocycles. The Hall–Kier alpha value is -1.35. The molecule has 1 aromatic rings. The third-order valence-electron chi connectivity index (χ3n) is 4.10. The number of piperidine rings is 1. The van der Waals surface area contributed by atoms with Crippen LogP contribution in [0, 0.1) is 5.92 Å². The van der Waals surface area contributed by atoms with E-state index >= 15 is 0 Å². The Morgan fingerprint density at radius 2 is 2.16 bits per heavy atom. The molecule has 1 aliphatic rings. The normalized spacial score (nSPS) is 22.1. The molecule has 1 aromatic carbocycles. The van der Waals surface area contributed by atoms with E-state index in [1.807, 2.05) is 6.07 Å². The van der Waals surface area contributed by atoms with Gasteiger partial charge in [-0.1, -0.05) is 37.3 Å². The zero-order chi connectivity index (χ0) is 13.7. The molecule has 1 heterocycles. The lowest BCUT2D eigenvalue weighted by atomic mass is 9.94. The maximum absolute atomic E-state index is 11.1. The lowest BCUT2D eigenvalue weighted by Gasteiger charge is -2.36. The van der Waals surface area contributed by atoms with E-state index in [0.717, 1.165) is 32.2 Å². The van der Waals surface area contributed by atoms with Gasteiger partial charge in [0.15, 0.2) is 0 Å². The summed E-state index contributed by atoms with van der Waals surface area (Å²) in [5.41, 5.74) is 1.34. The smallest absolute Gasteiger partial charge is 0.307 e. The van der Waals surface area contributed by atoms with Crippen LogP contribution in [0.15, 0.2) is 30.3 Å². The molecule has 2 unspecified atom stereocenters. The third kappa shape index (κ3) is 3.80. The van der Waals surface area contributed by atoms with Gasteiger partial charge in [-0.05, 0) is 37.8 Å². The molecule has 0 bridgehead atoms. The minimum atomic E-state index is -0.640. The molecule has 0 saturated carbocycles. The van der Waals surface area contributed by atoms with Gasteiger partial charge >= 0.3 is 5.97 Å². The van der Waals surface area contributed by atoms with Crippen LogP contribution in [-0.4, -0.2) is 35.1 Å². The van der Waals surface area contributed by atoms with Crippen molar-refractivity contribution >= 4 is 5.97 Å². The number of hydrogen-bond acceptors (Lipinski definition) is 2. The first kappa shape index (κ1) is 14.1. The highest BCUT2D eigenvalue weighted by atomic mass is 16.4. The number of aliphatic carboxylic acids is 1. The standard InChI is InChI=1S/C16H23NO2/c1-2-15(11-13-7-4-3-5-8-13)17-10-6-9-14(12-17)16(18)19/h3-5,7-8,14-15H,2,6,9-12H2,1H3,(H,18,19). The van der Waals surface area contributed by atoms with Gasteiger partial charge in [0.1, 0.15) is 0 Å². The summed E-state index contributed by atoms with van der Waals surface area (Å²) >= 11 is 0. The van der Waals surface area contributed by atoms with E-state index in [-0.39, 0.29) is 5.92 Å². The summed E-state index contributed by atoms with van der Waals surface area (Å²) in [5.74, 6) is -0.821. The number of carboxylic acid groups (broad SMARTS) is 1. The fourth-order valence-corrected chi connectivity index (χ4v) is 2.96. The van der Waals surface area contributed by atoms with Gasteiger partial charge in [0.2, 0.25) is 0 Å². The van der Waals surface area contributed by atoms with Crippen LogP contribution in [0.25, 0.3) is 0 Å². The molecule has 0 aliphatic carbocycles. The van der Waals surface area contributed by atoms with Crippen molar-refractivity contribution in [2.45, 2.75) is 38.6 Å². The zero-order valence-electron chi connectivity index (χ0n) is 11.6. The predicted molar refractivity (Wildman–Crippen MR) is 76.2 cm³/mol. The average Bonchev–Trinajstić information content (AvgIpc) is 2.46. The van der Waals surface area contributed by atoms with Crippen LogP contribution in [0.1, 0.15) is 31.7 Å². The van der Waals surface area contributed by atoms with Gasteiger partial charge < -0.3 is 5.11 Å². The fraction of sp³-hybridized carbons (Fsp3) is 0.562. The van der Waals surface area contributed by atoms with E-state index < -0.39 is 5.97 Å². The minimum absolute atomic E-state index is 0.182. The molecule has 3 heteroatoms. The van der Waals surface area contributed by atoms with Gasteiger partial charge in [-0.15, -0.1) is 0 Å². The van der Waals surface area contributed by atoms with E-state index in [4.69, 9.17) is 0 Å². The molecular weight excluding hydrogens is 238 g/mol. The summed E-state index contributed by atoms with van der Waals surface area (Å²) in [6.07, 6.45) is 3.92. The quantitative estimate of drug-likeness (QED) is 0.886. The molecule has 0 aromatic heterocycles. The Kier molecular flexibility index (Phi) is 4.97. The van der Waals surface area contributed by atoms with Gasteiger partial charge in [0.05, 0.1) is 5.92 Å². The van der Waals surface area contributed by atoms with Crippen LogP contribution in [0.4, 0.5) is 0 Å². The monoisotopic (exact) mass is 261 g/mol. The maximum Gasteiger partial charge on any atom is 0.307 e. The van der Waals surface area contributed by atoms with Crippen LogP contribution in [0.2, 0.25) is 0 Å². The molecule has 1 N–H and O–H groups in total. The van der Waals surface area contributed by atoms with Gasteiger partial charge in [-0.3, -0.25) is 9.69 Å². The SMILES string of the molecule is CCC(Cc1ccccc1)N1CCCC(C(=O)O)C1.